The average molecular weight is 319 g/mol. The van der Waals surface area contributed by atoms with Gasteiger partial charge in [0.25, 0.3) is 0 Å². The van der Waals surface area contributed by atoms with Crippen molar-refractivity contribution in [1.29, 1.82) is 5.26 Å². The fourth-order valence-corrected chi connectivity index (χ4v) is 2.22. The van der Waals surface area contributed by atoms with Crippen molar-refractivity contribution in [3.05, 3.63) is 33.3 Å². The highest BCUT2D eigenvalue weighted by molar-refractivity contribution is 9.10. The molecule has 1 N–H and O–H groups in total. The van der Waals surface area contributed by atoms with Crippen molar-refractivity contribution >= 4 is 37.8 Å². The second-order valence-corrected chi connectivity index (χ2v) is 3.91. The first-order chi connectivity index (χ1) is 6.61. The van der Waals surface area contributed by atoms with Crippen LogP contribution in [0.2, 0.25) is 0 Å². The Balaban J connectivity index is 3.53. The second kappa shape index (κ2) is 4.58. The zero-order valence-corrected chi connectivity index (χ0v) is 10.1. The van der Waals surface area contributed by atoms with Gasteiger partial charge in [0.05, 0.1) is 17.2 Å². The minimum Gasteiger partial charge on any atom is -0.478 e. The molecule has 0 aliphatic rings. The van der Waals surface area contributed by atoms with E-state index in [0.29, 0.717) is 20.9 Å². The Morgan fingerprint density at radius 2 is 2.21 bits per heavy atom. The molecule has 0 aliphatic heterocycles. The lowest BCUT2D eigenvalue weighted by atomic mass is 10.0. The molecule has 1 rings (SSSR count). The van der Waals surface area contributed by atoms with Crippen LogP contribution in [0.15, 0.2) is 16.6 Å². The molecule has 1 aromatic rings. The van der Waals surface area contributed by atoms with E-state index in [9.17, 15) is 4.79 Å². The first-order valence-corrected chi connectivity index (χ1v) is 5.54. The summed E-state index contributed by atoms with van der Waals surface area (Å²) in [5, 5.41) is 18.0. The minimum absolute atomic E-state index is 0.140. The zero-order valence-electron chi connectivity index (χ0n) is 6.92. The van der Waals surface area contributed by atoms with Crippen LogP contribution < -0.4 is 0 Å². The van der Waals surface area contributed by atoms with Gasteiger partial charge in [0.2, 0.25) is 0 Å². The highest BCUT2D eigenvalue weighted by Gasteiger charge is 2.16. The summed E-state index contributed by atoms with van der Waals surface area (Å²) in [5.74, 6) is -1.04. The lowest BCUT2D eigenvalue weighted by Crippen LogP contribution is -2.04. The predicted molar refractivity (Wildman–Crippen MR) is 58.4 cm³/mol. The molecule has 0 heterocycles. The molecule has 0 radical (unpaired) electrons. The molecular formula is C9H5Br2NO2. The third kappa shape index (κ3) is 1.97. The lowest BCUT2D eigenvalue weighted by molar-refractivity contribution is 0.0695. The number of nitriles is 1. The number of hydrogen-bond donors (Lipinski definition) is 1. The molecule has 3 nitrogen and oxygen atoms in total. The Labute approximate surface area is 97.6 Å². The molecular weight excluding hydrogens is 314 g/mol. The third-order valence-electron chi connectivity index (χ3n) is 1.73. The first kappa shape index (κ1) is 11.2. The number of carboxylic acids is 1. The SMILES string of the molecule is N#Cc1ccc(Br)c(C(=O)O)c1CBr. The van der Waals surface area contributed by atoms with Gasteiger partial charge in [0.1, 0.15) is 0 Å². The maximum absolute atomic E-state index is 10.9. The summed E-state index contributed by atoms with van der Waals surface area (Å²) in [6, 6.07) is 5.11. The van der Waals surface area contributed by atoms with Crippen LogP contribution in [0.1, 0.15) is 21.5 Å². The Morgan fingerprint density at radius 3 is 2.64 bits per heavy atom. The summed E-state index contributed by atoms with van der Waals surface area (Å²) in [7, 11) is 0. The molecule has 0 fully saturated rings. The van der Waals surface area contributed by atoms with E-state index in [-0.39, 0.29) is 5.56 Å². The largest absolute Gasteiger partial charge is 0.478 e. The van der Waals surface area contributed by atoms with E-state index in [1.54, 1.807) is 12.1 Å². The number of aromatic carboxylic acids is 1. The van der Waals surface area contributed by atoms with E-state index in [1.165, 1.54) is 0 Å². The van der Waals surface area contributed by atoms with Crippen molar-refractivity contribution in [1.82, 2.24) is 0 Å². The van der Waals surface area contributed by atoms with Crippen molar-refractivity contribution in [3.63, 3.8) is 0 Å². The monoisotopic (exact) mass is 317 g/mol. The summed E-state index contributed by atoms with van der Waals surface area (Å²) in [5.41, 5.74) is 1.01. The third-order valence-corrected chi connectivity index (χ3v) is 2.95. The predicted octanol–water partition coefficient (Wildman–Crippen LogP) is 2.91. The van der Waals surface area contributed by atoms with E-state index < -0.39 is 5.97 Å². The van der Waals surface area contributed by atoms with Crippen LogP contribution in [-0.2, 0) is 5.33 Å². The van der Waals surface area contributed by atoms with Crippen molar-refractivity contribution in [2.75, 3.05) is 0 Å². The number of benzene rings is 1. The van der Waals surface area contributed by atoms with Crippen molar-refractivity contribution < 1.29 is 9.90 Å². The summed E-state index contributed by atoms with van der Waals surface area (Å²) in [6.45, 7) is 0. The Kier molecular flexibility index (Phi) is 3.67. The number of halogens is 2. The maximum atomic E-state index is 10.9. The normalized spacial score (nSPS) is 9.50. The average Bonchev–Trinajstić information content (AvgIpc) is 2.16. The second-order valence-electron chi connectivity index (χ2n) is 2.50. The van der Waals surface area contributed by atoms with Crippen LogP contribution in [0.4, 0.5) is 0 Å². The molecule has 0 saturated carbocycles. The smallest absolute Gasteiger partial charge is 0.337 e. The number of carbonyl (C=O) groups is 1. The minimum atomic E-state index is -1.04. The Morgan fingerprint density at radius 1 is 1.57 bits per heavy atom. The van der Waals surface area contributed by atoms with E-state index in [2.05, 4.69) is 31.9 Å². The standard InChI is InChI=1S/C9H5Br2NO2/c10-3-6-5(4-12)1-2-7(11)8(6)9(13)14/h1-2H,3H2,(H,13,14). The van der Waals surface area contributed by atoms with Crippen molar-refractivity contribution in [2.24, 2.45) is 0 Å². The highest BCUT2D eigenvalue weighted by Crippen LogP contribution is 2.25. The number of hydrogen-bond acceptors (Lipinski definition) is 2. The fraction of sp³-hybridized carbons (Fsp3) is 0.111. The Bertz CT molecular complexity index is 424. The number of carboxylic acid groups (broad SMARTS) is 1. The molecule has 5 heteroatoms. The molecule has 0 aromatic heterocycles. The molecule has 0 atom stereocenters. The summed E-state index contributed by atoms with van der Waals surface area (Å²) in [4.78, 5) is 10.9. The highest BCUT2D eigenvalue weighted by atomic mass is 79.9. The van der Waals surface area contributed by atoms with Gasteiger partial charge >= 0.3 is 5.97 Å². The maximum Gasteiger partial charge on any atom is 0.337 e. The number of nitrogens with zero attached hydrogens (tertiary/aromatic N) is 1. The van der Waals surface area contributed by atoms with E-state index in [0.717, 1.165) is 0 Å². The molecule has 0 spiro atoms. The molecule has 0 unspecified atom stereocenters. The number of rotatable bonds is 2. The summed E-state index contributed by atoms with van der Waals surface area (Å²) >= 11 is 6.31. The molecule has 0 amide bonds. The van der Waals surface area contributed by atoms with Crippen LogP contribution in [0, 0.1) is 11.3 Å². The van der Waals surface area contributed by atoms with Gasteiger partial charge in [-0.2, -0.15) is 5.26 Å². The number of alkyl halides is 1. The summed E-state index contributed by atoms with van der Waals surface area (Å²) < 4.78 is 0.485. The van der Waals surface area contributed by atoms with Gasteiger partial charge in [0.15, 0.2) is 0 Å². The molecule has 0 saturated heterocycles. The molecule has 0 bridgehead atoms. The molecule has 14 heavy (non-hydrogen) atoms. The fourth-order valence-electron chi connectivity index (χ4n) is 1.09. The van der Waals surface area contributed by atoms with Gasteiger partial charge in [-0.1, -0.05) is 15.9 Å². The van der Waals surface area contributed by atoms with Gasteiger partial charge in [0, 0.05) is 9.80 Å². The molecule has 0 aliphatic carbocycles. The van der Waals surface area contributed by atoms with Gasteiger partial charge in [-0.25, -0.2) is 4.79 Å². The van der Waals surface area contributed by atoms with E-state index in [4.69, 9.17) is 10.4 Å². The molecule has 72 valence electrons. The first-order valence-electron chi connectivity index (χ1n) is 3.62. The Hall–Kier alpha value is -0.860. The lowest BCUT2D eigenvalue weighted by Gasteiger charge is -2.06. The van der Waals surface area contributed by atoms with Crippen LogP contribution in [0.5, 0.6) is 0 Å². The van der Waals surface area contributed by atoms with Gasteiger partial charge in [-0.05, 0) is 33.6 Å². The van der Waals surface area contributed by atoms with Gasteiger partial charge in [-0.3, -0.25) is 0 Å². The van der Waals surface area contributed by atoms with Crippen molar-refractivity contribution in [2.45, 2.75) is 5.33 Å². The van der Waals surface area contributed by atoms with Crippen LogP contribution >= 0.6 is 31.9 Å². The van der Waals surface area contributed by atoms with Gasteiger partial charge < -0.3 is 5.11 Å². The molecule has 1 aromatic carbocycles. The van der Waals surface area contributed by atoms with Crippen LogP contribution in [0.3, 0.4) is 0 Å². The van der Waals surface area contributed by atoms with E-state index in [1.807, 2.05) is 6.07 Å². The van der Waals surface area contributed by atoms with Crippen LogP contribution in [-0.4, -0.2) is 11.1 Å². The van der Waals surface area contributed by atoms with Crippen molar-refractivity contribution in [3.8, 4) is 6.07 Å². The zero-order chi connectivity index (χ0) is 10.7. The van der Waals surface area contributed by atoms with E-state index >= 15 is 0 Å². The van der Waals surface area contributed by atoms with Crippen LogP contribution in [0.25, 0.3) is 0 Å². The topological polar surface area (TPSA) is 61.1 Å². The van der Waals surface area contributed by atoms with Gasteiger partial charge in [-0.15, -0.1) is 0 Å². The summed E-state index contributed by atoms with van der Waals surface area (Å²) in [6.07, 6.45) is 0. The quantitative estimate of drug-likeness (QED) is 0.853.